The Hall–Kier alpha value is -3.22. The number of imide groups is 1. The van der Waals surface area contributed by atoms with Gasteiger partial charge in [-0.05, 0) is 43.1 Å². The quantitative estimate of drug-likeness (QED) is 0.324. The first-order chi connectivity index (χ1) is 15.1. The summed E-state index contributed by atoms with van der Waals surface area (Å²) in [5.41, 5.74) is 1.62. The third-order valence-corrected chi connectivity index (χ3v) is 7.38. The predicted molar refractivity (Wildman–Crippen MR) is 113 cm³/mol. The maximum Gasteiger partial charge on any atom is 0.325 e. The van der Waals surface area contributed by atoms with Gasteiger partial charge in [-0.25, -0.2) is 0 Å². The summed E-state index contributed by atoms with van der Waals surface area (Å²) in [5.74, 6) is 0.323. The molecule has 1 aromatic heterocycles. The van der Waals surface area contributed by atoms with E-state index in [1.165, 1.54) is 0 Å². The zero-order valence-corrected chi connectivity index (χ0v) is 17.2. The zero-order chi connectivity index (χ0) is 21.3. The van der Waals surface area contributed by atoms with Gasteiger partial charge in [-0.1, -0.05) is 30.4 Å². The van der Waals surface area contributed by atoms with Gasteiger partial charge in [0.05, 0.1) is 24.7 Å². The van der Waals surface area contributed by atoms with Crippen LogP contribution in [0.25, 0.3) is 10.9 Å². The van der Waals surface area contributed by atoms with E-state index in [9.17, 15) is 14.4 Å². The fourth-order valence-corrected chi connectivity index (χ4v) is 6.03. The van der Waals surface area contributed by atoms with Gasteiger partial charge in [-0.3, -0.25) is 14.4 Å². The van der Waals surface area contributed by atoms with Crippen molar-refractivity contribution < 1.29 is 19.1 Å². The molecule has 7 heteroatoms. The molecule has 6 atom stereocenters. The molecule has 7 nitrogen and oxygen atoms in total. The van der Waals surface area contributed by atoms with Crippen LogP contribution in [0.3, 0.4) is 0 Å². The topological polar surface area (TPSA) is 81.0 Å². The maximum absolute atomic E-state index is 13.1. The SMILES string of the molecule is CCOC(=O)Cn1cc(/C=N\N2C(=O)[C@@H]3[C@H]4C=C[C@@H]([C@@H]5C[C@H]45)[C@H]3C2=O)c2ccccc21. The van der Waals surface area contributed by atoms with Crippen molar-refractivity contribution >= 4 is 34.9 Å². The summed E-state index contributed by atoms with van der Waals surface area (Å²) >= 11 is 0. The molecule has 1 saturated heterocycles. The Kier molecular flexibility index (Phi) is 3.97. The molecular formula is C24H23N3O4. The molecule has 5 aliphatic rings. The van der Waals surface area contributed by atoms with Gasteiger partial charge in [0.15, 0.2) is 0 Å². The van der Waals surface area contributed by atoms with Gasteiger partial charge in [0, 0.05) is 22.7 Å². The summed E-state index contributed by atoms with van der Waals surface area (Å²) in [6, 6.07) is 7.66. The van der Waals surface area contributed by atoms with Gasteiger partial charge in [0.1, 0.15) is 6.54 Å². The summed E-state index contributed by atoms with van der Waals surface area (Å²) in [6.07, 6.45) is 8.82. The van der Waals surface area contributed by atoms with Crippen molar-refractivity contribution in [2.75, 3.05) is 6.61 Å². The number of carbonyl (C=O) groups is 3. The van der Waals surface area contributed by atoms with E-state index < -0.39 is 0 Å². The number of benzene rings is 1. The molecule has 2 bridgehead atoms. The van der Waals surface area contributed by atoms with Crippen LogP contribution in [0, 0.1) is 35.5 Å². The van der Waals surface area contributed by atoms with Crippen molar-refractivity contribution in [3.8, 4) is 0 Å². The molecule has 0 N–H and O–H groups in total. The zero-order valence-electron chi connectivity index (χ0n) is 17.2. The fourth-order valence-electron chi connectivity index (χ4n) is 6.03. The van der Waals surface area contributed by atoms with Gasteiger partial charge in [-0.15, -0.1) is 0 Å². The number of nitrogens with zero attached hydrogens (tertiary/aromatic N) is 3. The first-order valence-corrected chi connectivity index (χ1v) is 10.9. The summed E-state index contributed by atoms with van der Waals surface area (Å²) < 4.78 is 6.87. The smallest absolute Gasteiger partial charge is 0.325 e. The number of fused-ring (bicyclic) bond motifs is 1. The number of para-hydroxylation sites is 1. The van der Waals surface area contributed by atoms with Crippen LogP contribution in [0.1, 0.15) is 18.9 Å². The number of rotatable bonds is 5. The van der Waals surface area contributed by atoms with E-state index in [4.69, 9.17) is 4.74 Å². The molecule has 0 unspecified atom stereocenters. The van der Waals surface area contributed by atoms with Crippen LogP contribution in [0.5, 0.6) is 0 Å². The van der Waals surface area contributed by atoms with Crippen molar-refractivity contribution in [3.63, 3.8) is 0 Å². The number of esters is 1. The van der Waals surface area contributed by atoms with E-state index in [2.05, 4.69) is 17.3 Å². The van der Waals surface area contributed by atoms with Crippen LogP contribution >= 0.6 is 0 Å². The van der Waals surface area contributed by atoms with Gasteiger partial charge in [-0.2, -0.15) is 10.1 Å². The highest BCUT2D eigenvalue weighted by Gasteiger charge is 2.67. The fraction of sp³-hybridized carbons (Fsp3) is 0.417. The first-order valence-electron chi connectivity index (χ1n) is 10.9. The second kappa shape index (κ2) is 6.64. The van der Waals surface area contributed by atoms with Crippen molar-refractivity contribution in [3.05, 3.63) is 48.2 Å². The summed E-state index contributed by atoms with van der Waals surface area (Å²) in [4.78, 5) is 38.2. The van der Waals surface area contributed by atoms with Crippen molar-refractivity contribution in [1.82, 2.24) is 9.58 Å². The highest BCUT2D eigenvalue weighted by atomic mass is 16.5. The molecule has 2 aromatic rings. The molecule has 2 heterocycles. The Labute approximate surface area is 179 Å². The van der Waals surface area contributed by atoms with E-state index in [1.807, 2.05) is 30.5 Å². The molecule has 2 amide bonds. The minimum atomic E-state index is -0.317. The van der Waals surface area contributed by atoms with Crippen LogP contribution in [-0.2, 0) is 25.7 Å². The number of ether oxygens (including phenoxy) is 1. The average molecular weight is 417 g/mol. The van der Waals surface area contributed by atoms with E-state index in [0.29, 0.717) is 18.4 Å². The monoisotopic (exact) mass is 417 g/mol. The van der Waals surface area contributed by atoms with Crippen LogP contribution in [0.15, 0.2) is 47.7 Å². The maximum atomic E-state index is 13.1. The summed E-state index contributed by atoms with van der Waals surface area (Å²) in [7, 11) is 0. The Morgan fingerprint density at radius 3 is 2.48 bits per heavy atom. The molecule has 7 rings (SSSR count). The minimum Gasteiger partial charge on any atom is -0.465 e. The molecule has 158 valence electrons. The Bertz CT molecular complexity index is 1140. The van der Waals surface area contributed by atoms with Crippen molar-refractivity contribution in [2.45, 2.75) is 19.9 Å². The standard InChI is InChI=1S/C24H23N3O4/c1-2-31-20(28)12-26-11-13(14-5-3-4-6-19(14)26)10-25-27-23(29)21-15-7-8-16(18-9-17(15)18)22(21)24(27)30/h3-8,10-11,15-18,21-22H,2,9,12H2,1H3/b25-10-/t15-,16-,17-,18+,21+,22+/m0/s1. The Morgan fingerprint density at radius 2 is 1.81 bits per heavy atom. The van der Waals surface area contributed by atoms with Gasteiger partial charge in [0.2, 0.25) is 0 Å². The number of hydrogen-bond donors (Lipinski definition) is 0. The summed E-state index contributed by atoms with van der Waals surface area (Å²) in [6.45, 7) is 2.19. The van der Waals surface area contributed by atoms with Crippen LogP contribution in [-0.4, -0.2) is 40.2 Å². The first kappa shape index (κ1) is 18.5. The number of allylic oxidation sites excluding steroid dienone is 2. The lowest BCUT2D eigenvalue weighted by Gasteiger charge is -2.37. The van der Waals surface area contributed by atoms with Crippen LogP contribution in [0.4, 0.5) is 0 Å². The highest BCUT2D eigenvalue weighted by molar-refractivity contribution is 6.07. The van der Waals surface area contributed by atoms with Crippen LogP contribution < -0.4 is 0 Å². The second-order valence-electron chi connectivity index (χ2n) is 8.92. The van der Waals surface area contributed by atoms with E-state index in [-0.39, 0.29) is 48.0 Å². The number of aromatic nitrogens is 1. The van der Waals surface area contributed by atoms with Crippen molar-refractivity contribution in [1.29, 1.82) is 0 Å². The molecule has 0 radical (unpaired) electrons. The Balaban J connectivity index is 1.30. The van der Waals surface area contributed by atoms with Crippen LogP contribution in [0.2, 0.25) is 0 Å². The van der Waals surface area contributed by atoms with E-state index >= 15 is 0 Å². The highest BCUT2D eigenvalue weighted by Crippen LogP contribution is 2.65. The lowest BCUT2D eigenvalue weighted by Crippen LogP contribution is -2.40. The third-order valence-electron chi connectivity index (χ3n) is 7.38. The van der Waals surface area contributed by atoms with Gasteiger partial charge < -0.3 is 9.30 Å². The second-order valence-corrected chi connectivity index (χ2v) is 8.92. The minimum absolute atomic E-state index is 0.0890. The molecule has 0 spiro atoms. The molecule has 1 aromatic carbocycles. The number of hydrazone groups is 1. The molecular weight excluding hydrogens is 394 g/mol. The largest absolute Gasteiger partial charge is 0.465 e. The van der Waals surface area contributed by atoms with Gasteiger partial charge in [0.25, 0.3) is 11.8 Å². The Morgan fingerprint density at radius 1 is 1.13 bits per heavy atom. The van der Waals surface area contributed by atoms with E-state index in [1.54, 1.807) is 17.7 Å². The normalized spacial score (nSPS) is 32.7. The molecule has 1 aliphatic heterocycles. The molecule has 3 fully saturated rings. The average Bonchev–Trinajstić information content (AvgIpc) is 3.48. The number of carbonyl (C=O) groups excluding carboxylic acids is 3. The lowest BCUT2D eigenvalue weighted by atomic mass is 9.63. The molecule has 2 saturated carbocycles. The number of amides is 2. The third kappa shape index (κ3) is 2.65. The van der Waals surface area contributed by atoms with Gasteiger partial charge >= 0.3 is 5.97 Å². The molecule has 31 heavy (non-hydrogen) atoms. The summed E-state index contributed by atoms with van der Waals surface area (Å²) in [5, 5.41) is 6.33. The predicted octanol–water partition coefficient (Wildman–Crippen LogP) is 2.59. The molecule has 4 aliphatic carbocycles. The number of hydrogen-bond acceptors (Lipinski definition) is 5. The van der Waals surface area contributed by atoms with Crippen molar-refractivity contribution in [2.24, 2.45) is 40.6 Å². The van der Waals surface area contributed by atoms with E-state index in [0.717, 1.165) is 27.9 Å². The lowest BCUT2D eigenvalue weighted by molar-refractivity contribution is -0.144.